The lowest BCUT2D eigenvalue weighted by Crippen LogP contribution is -2.41. The summed E-state index contributed by atoms with van der Waals surface area (Å²) in [6, 6.07) is 13.5. The number of esters is 1. The Balaban J connectivity index is 1.71. The molecule has 1 aliphatic carbocycles. The largest absolute Gasteiger partial charge is 0.493 e. The van der Waals surface area contributed by atoms with Crippen LogP contribution in [0.2, 0.25) is 0 Å². The van der Waals surface area contributed by atoms with Crippen molar-refractivity contribution in [1.29, 1.82) is 0 Å². The highest BCUT2D eigenvalue weighted by Gasteiger charge is 2.44. The molecule has 0 saturated heterocycles. The Morgan fingerprint density at radius 2 is 1.82 bits per heavy atom. The molecular weight excluding hydrogens is 498 g/mol. The molecule has 0 saturated carbocycles. The van der Waals surface area contributed by atoms with E-state index >= 15 is 0 Å². The molecule has 0 radical (unpaired) electrons. The first-order valence-corrected chi connectivity index (χ1v) is 12.1. The van der Waals surface area contributed by atoms with Crippen LogP contribution in [0.5, 0.6) is 11.5 Å². The number of hydrogen-bond acceptors (Lipinski definition) is 6. The minimum atomic E-state index is -0.758. The molecular formula is C27H28BrNO5. The van der Waals surface area contributed by atoms with Gasteiger partial charge in [0, 0.05) is 40.2 Å². The van der Waals surface area contributed by atoms with E-state index < -0.39 is 17.8 Å². The first kappa shape index (κ1) is 24.1. The highest BCUT2D eigenvalue weighted by molar-refractivity contribution is 9.10. The smallest absolute Gasteiger partial charge is 0.315 e. The zero-order chi connectivity index (χ0) is 24.2. The van der Waals surface area contributed by atoms with Crippen LogP contribution >= 0.6 is 15.9 Å². The maximum Gasteiger partial charge on any atom is 0.315 e. The number of ether oxygens (including phenoxy) is 3. The van der Waals surface area contributed by atoms with Gasteiger partial charge >= 0.3 is 5.97 Å². The molecule has 0 spiro atoms. The van der Waals surface area contributed by atoms with Crippen molar-refractivity contribution in [2.45, 2.75) is 31.6 Å². The fourth-order valence-electron chi connectivity index (χ4n) is 4.72. The first-order chi connectivity index (χ1) is 16.4. The number of Topliss-reactive ketones (excluding diaryl/α,β-unsaturated/α-hetero) is 1. The van der Waals surface area contributed by atoms with E-state index in [0.29, 0.717) is 35.6 Å². The molecule has 4 rings (SSSR count). The molecule has 34 heavy (non-hydrogen) atoms. The van der Waals surface area contributed by atoms with E-state index in [1.54, 1.807) is 20.3 Å². The van der Waals surface area contributed by atoms with Gasteiger partial charge in [-0.15, -0.1) is 0 Å². The van der Waals surface area contributed by atoms with E-state index in [-0.39, 0.29) is 12.4 Å². The third-order valence-electron chi connectivity index (χ3n) is 6.36. The van der Waals surface area contributed by atoms with Gasteiger partial charge in [-0.1, -0.05) is 52.8 Å². The Morgan fingerprint density at radius 1 is 1.12 bits per heavy atom. The second kappa shape index (κ2) is 10.5. The van der Waals surface area contributed by atoms with Crippen molar-refractivity contribution >= 4 is 27.7 Å². The molecule has 0 amide bonds. The molecule has 0 fully saturated rings. The molecule has 1 heterocycles. The highest BCUT2D eigenvalue weighted by atomic mass is 79.9. The molecule has 7 heteroatoms. The Kier molecular flexibility index (Phi) is 7.41. The summed E-state index contributed by atoms with van der Waals surface area (Å²) in [7, 11) is 3.12. The first-order valence-electron chi connectivity index (χ1n) is 11.3. The Labute approximate surface area is 208 Å². The Hall–Kier alpha value is -3.06. The third-order valence-corrected chi connectivity index (χ3v) is 7.04. The van der Waals surface area contributed by atoms with E-state index in [1.165, 1.54) is 0 Å². The van der Waals surface area contributed by atoms with Crippen molar-refractivity contribution in [2.24, 2.45) is 5.92 Å². The number of carbonyl (C=O) groups excluding carboxylic acids is 2. The van der Waals surface area contributed by atoms with Gasteiger partial charge in [-0.05, 0) is 36.1 Å². The molecule has 1 N–H and O–H groups in total. The molecule has 2 aliphatic rings. The summed E-state index contributed by atoms with van der Waals surface area (Å²) in [4.78, 5) is 26.5. The molecule has 2 atom stereocenters. The average molecular weight is 526 g/mol. The molecule has 2 unspecified atom stereocenters. The van der Waals surface area contributed by atoms with Crippen LogP contribution in [0.3, 0.4) is 0 Å². The standard InChI is InChI=1S/C27H28BrNO5/c1-16-24(27(31)34-13-12-17-8-5-4-6-9-17)25(26-20(29-16)10-7-11-21(26)30)18-14-22(32-2)23(33-3)15-19(18)28/h4-6,8-9,14-15,24-25,29H,1,7,10-13H2,2-3H3. The number of allylic oxidation sites excluding steroid dienone is 2. The number of halogens is 1. The van der Waals surface area contributed by atoms with Crippen molar-refractivity contribution in [1.82, 2.24) is 5.32 Å². The van der Waals surface area contributed by atoms with E-state index in [1.807, 2.05) is 36.4 Å². The van der Waals surface area contributed by atoms with Crippen molar-refractivity contribution in [2.75, 3.05) is 20.8 Å². The predicted octanol–water partition coefficient (Wildman–Crippen LogP) is 5.08. The highest BCUT2D eigenvalue weighted by Crippen LogP contribution is 2.48. The number of rotatable bonds is 7. The number of ketones is 1. The fourth-order valence-corrected chi connectivity index (χ4v) is 5.29. The van der Waals surface area contributed by atoms with Crippen molar-refractivity contribution in [3.8, 4) is 11.5 Å². The van der Waals surface area contributed by atoms with E-state index in [0.717, 1.165) is 34.1 Å². The summed E-state index contributed by atoms with van der Waals surface area (Å²) in [5.41, 5.74) is 3.83. The predicted molar refractivity (Wildman–Crippen MR) is 133 cm³/mol. The van der Waals surface area contributed by atoms with Crippen LogP contribution < -0.4 is 14.8 Å². The second-order valence-corrected chi connectivity index (χ2v) is 9.26. The summed E-state index contributed by atoms with van der Waals surface area (Å²) >= 11 is 3.63. The topological polar surface area (TPSA) is 73.9 Å². The van der Waals surface area contributed by atoms with Gasteiger partial charge in [0.2, 0.25) is 0 Å². The molecule has 2 aromatic rings. The van der Waals surface area contributed by atoms with Crippen molar-refractivity contribution < 1.29 is 23.8 Å². The van der Waals surface area contributed by atoms with Crippen LogP contribution in [-0.2, 0) is 20.7 Å². The summed E-state index contributed by atoms with van der Waals surface area (Å²) in [5.74, 6) is -0.607. The summed E-state index contributed by atoms with van der Waals surface area (Å²) in [6.07, 6.45) is 2.56. The molecule has 2 aromatic carbocycles. The van der Waals surface area contributed by atoms with Gasteiger partial charge in [-0.25, -0.2) is 0 Å². The van der Waals surface area contributed by atoms with Crippen LogP contribution in [0.15, 0.2) is 70.5 Å². The lowest BCUT2D eigenvalue weighted by Gasteiger charge is -2.38. The minimum Gasteiger partial charge on any atom is -0.493 e. The summed E-state index contributed by atoms with van der Waals surface area (Å²) in [5, 5.41) is 3.25. The number of carbonyl (C=O) groups is 2. The van der Waals surface area contributed by atoms with Gasteiger partial charge in [0.15, 0.2) is 17.3 Å². The fraction of sp³-hybridized carbons (Fsp3) is 0.333. The average Bonchev–Trinajstić information content (AvgIpc) is 2.83. The van der Waals surface area contributed by atoms with Crippen molar-refractivity contribution in [3.05, 3.63) is 81.6 Å². The Bertz CT molecular complexity index is 1140. The third kappa shape index (κ3) is 4.75. The molecule has 0 aromatic heterocycles. The SMILES string of the molecule is C=C1NC2=C(C(=O)CCC2)C(c2cc(OC)c(OC)cc2Br)C1C(=O)OCCc1ccccc1. The van der Waals surface area contributed by atoms with Crippen molar-refractivity contribution in [3.63, 3.8) is 0 Å². The van der Waals surface area contributed by atoms with Crippen LogP contribution in [0.4, 0.5) is 0 Å². The maximum absolute atomic E-state index is 13.4. The monoisotopic (exact) mass is 525 g/mol. The van der Waals surface area contributed by atoms with E-state index in [2.05, 4.69) is 27.8 Å². The minimum absolute atomic E-state index is 0.0371. The van der Waals surface area contributed by atoms with Gasteiger partial charge in [0.05, 0.1) is 20.8 Å². The zero-order valence-corrected chi connectivity index (χ0v) is 20.9. The number of methoxy groups -OCH3 is 2. The molecule has 0 bridgehead atoms. The molecule has 1 aliphatic heterocycles. The van der Waals surface area contributed by atoms with Gasteiger partial charge < -0.3 is 19.5 Å². The van der Waals surface area contributed by atoms with Crippen LogP contribution in [0.25, 0.3) is 0 Å². The van der Waals surface area contributed by atoms with Crippen LogP contribution in [0.1, 0.15) is 36.3 Å². The molecule has 178 valence electrons. The maximum atomic E-state index is 13.4. The van der Waals surface area contributed by atoms with Gasteiger partial charge in [0.1, 0.15) is 5.92 Å². The van der Waals surface area contributed by atoms with E-state index in [4.69, 9.17) is 14.2 Å². The number of benzene rings is 2. The lowest BCUT2D eigenvalue weighted by molar-refractivity contribution is -0.147. The van der Waals surface area contributed by atoms with Crippen LogP contribution in [-0.4, -0.2) is 32.6 Å². The quantitative estimate of drug-likeness (QED) is 0.508. The van der Waals surface area contributed by atoms with Gasteiger partial charge in [-0.3, -0.25) is 9.59 Å². The lowest BCUT2D eigenvalue weighted by atomic mass is 9.71. The Morgan fingerprint density at radius 3 is 2.53 bits per heavy atom. The van der Waals surface area contributed by atoms with Gasteiger partial charge in [0.25, 0.3) is 0 Å². The summed E-state index contributed by atoms with van der Waals surface area (Å²) < 4.78 is 17.4. The summed E-state index contributed by atoms with van der Waals surface area (Å²) in [6.45, 7) is 4.39. The zero-order valence-electron chi connectivity index (χ0n) is 19.4. The van der Waals surface area contributed by atoms with Crippen LogP contribution in [0, 0.1) is 5.92 Å². The van der Waals surface area contributed by atoms with Gasteiger partial charge in [-0.2, -0.15) is 0 Å². The second-order valence-electron chi connectivity index (χ2n) is 8.41. The number of nitrogens with one attached hydrogen (secondary N) is 1. The molecule has 6 nitrogen and oxygen atoms in total. The number of hydrogen-bond donors (Lipinski definition) is 1. The van der Waals surface area contributed by atoms with E-state index in [9.17, 15) is 9.59 Å². The normalized spacial score (nSPS) is 19.9.